The molecule has 2 aliphatic rings. The fourth-order valence-corrected chi connectivity index (χ4v) is 3.67. The van der Waals surface area contributed by atoms with Crippen LogP contribution in [0.15, 0.2) is 6.20 Å². The third kappa shape index (κ3) is 3.29. The maximum absolute atomic E-state index is 11.5. The van der Waals surface area contributed by atoms with Gasteiger partial charge >= 0.3 is 0 Å². The van der Waals surface area contributed by atoms with Crippen LogP contribution in [0.2, 0.25) is 0 Å². The molecule has 0 aliphatic carbocycles. The fourth-order valence-electron chi connectivity index (χ4n) is 3.67. The number of carbonyl (C=O) groups is 1. The molecule has 0 bridgehead atoms. The van der Waals surface area contributed by atoms with Gasteiger partial charge in [-0.3, -0.25) is 4.79 Å². The van der Waals surface area contributed by atoms with Crippen molar-refractivity contribution >= 4 is 11.7 Å². The first-order valence-electron chi connectivity index (χ1n) is 8.49. The number of piperidine rings is 2. The molecule has 0 spiro atoms. The van der Waals surface area contributed by atoms with Crippen molar-refractivity contribution in [2.75, 3.05) is 31.1 Å². The number of ketones is 1. The lowest BCUT2D eigenvalue weighted by Gasteiger charge is -2.40. The van der Waals surface area contributed by atoms with Crippen LogP contribution in [0.1, 0.15) is 55.1 Å². The summed E-state index contributed by atoms with van der Waals surface area (Å²) in [5.41, 5.74) is 1.42. The van der Waals surface area contributed by atoms with Crippen molar-refractivity contribution in [3.8, 4) is 0 Å². The molecule has 0 unspecified atom stereocenters. The second kappa shape index (κ2) is 6.73. The minimum atomic E-state index is 0.0351. The van der Waals surface area contributed by atoms with E-state index in [1.54, 1.807) is 13.1 Å². The molecule has 0 amide bonds. The molecule has 3 rings (SSSR count). The third-order valence-electron chi connectivity index (χ3n) is 5.00. The summed E-state index contributed by atoms with van der Waals surface area (Å²) in [6.07, 6.45) is 8.17. The standard InChI is InChI=1S/C17H26N4O/c1-13-16(14(2)22)12-18-17(19-13)21-10-6-15(7-11-21)20-8-4-3-5-9-20/h12,15H,3-11H2,1-2H3. The quantitative estimate of drug-likeness (QED) is 0.803. The molecule has 1 aromatic heterocycles. The Kier molecular flexibility index (Phi) is 4.71. The minimum absolute atomic E-state index is 0.0351. The van der Waals surface area contributed by atoms with E-state index in [9.17, 15) is 4.79 Å². The number of hydrogen-bond donors (Lipinski definition) is 0. The first-order chi connectivity index (χ1) is 10.6. The van der Waals surface area contributed by atoms with Crippen LogP contribution in [0.5, 0.6) is 0 Å². The lowest BCUT2D eigenvalue weighted by Crippen LogP contribution is -2.47. The fraction of sp³-hybridized carbons (Fsp3) is 0.706. The molecule has 5 nitrogen and oxygen atoms in total. The van der Waals surface area contributed by atoms with Gasteiger partial charge in [0.2, 0.25) is 5.95 Å². The van der Waals surface area contributed by atoms with Gasteiger partial charge in [0.15, 0.2) is 5.78 Å². The number of Topliss-reactive ketones (excluding diaryl/α,β-unsaturated/α-hetero) is 1. The maximum Gasteiger partial charge on any atom is 0.225 e. The van der Waals surface area contributed by atoms with Gasteiger partial charge in [0.25, 0.3) is 0 Å². The van der Waals surface area contributed by atoms with Gasteiger partial charge in [-0.1, -0.05) is 6.42 Å². The summed E-state index contributed by atoms with van der Waals surface area (Å²) in [6.45, 7) is 8.03. The Labute approximate surface area is 132 Å². The van der Waals surface area contributed by atoms with Crippen LogP contribution in [-0.4, -0.2) is 52.9 Å². The van der Waals surface area contributed by atoms with E-state index < -0.39 is 0 Å². The Balaban J connectivity index is 1.61. The molecule has 0 saturated carbocycles. The van der Waals surface area contributed by atoms with Gasteiger partial charge in [-0.25, -0.2) is 9.97 Å². The molecule has 22 heavy (non-hydrogen) atoms. The zero-order valence-electron chi connectivity index (χ0n) is 13.7. The smallest absolute Gasteiger partial charge is 0.225 e. The molecular weight excluding hydrogens is 276 g/mol. The zero-order chi connectivity index (χ0) is 15.5. The Hall–Kier alpha value is -1.49. The van der Waals surface area contributed by atoms with Crippen molar-refractivity contribution in [1.82, 2.24) is 14.9 Å². The highest BCUT2D eigenvalue weighted by atomic mass is 16.1. The van der Waals surface area contributed by atoms with Crippen LogP contribution in [0.25, 0.3) is 0 Å². The summed E-state index contributed by atoms with van der Waals surface area (Å²) in [4.78, 5) is 25.3. The third-order valence-corrected chi connectivity index (χ3v) is 5.00. The van der Waals surface area contributed by atoms with Crippen LogP contribution in [0, 0.1) is 6.92 Å². The molecular formula is C17H26N4O. The number of aryl methyl sites for hydroxylation is 1. The van der Waals surface area contributed by atoms with Crippen molar-refractivity contribution in [1.29, 1.82) is 0 Å². The minimum Gasteiger partial charge on any atom is -0.341 e. The summed E-state index contributed by atoms with van der Waals surface area (Å²) in [6, 6.07) is 0.731. The molecule has 0 aromatic carbocycles. The van der Waals surface area contributed by atoms with Crippen molar-refractivity contribution in [2.45, 2.75) is 52.0 Å². The van der Waals surface area contributed by atoms with Crippen LogP contribution >= 0.6 is 0 Å². The molecule has 0 atom stereocenters. The molecule has 5 heteroatoms. The summed E-state index contributed by atoms with van der Waals surface area (Å²) >= 11 is 0. The number of nitrogens with zero attached hydrogens (tertiary/aromatic N) is 4. The molecule has 0 radical (unpaired) electrons. The second-order valence-corrected chi connectivity index (χ2v) is 6.54. The average molecular weight is 302 g/mol. The van der Waals surface area contributed by atoms with Crippen LogP contribution in [0.4, 0.5) is 5.95 Å². The molecule has 120 valence electrons. The predicted octanol–water partition coefficient (Wildman–Crippen LogP) is 2.44. The number of aromatic nitrogens is 2. The van der Waals surface area contributed by atoms with E-state index in [1.165, 1.54) is 45.2 Å². The number of hydrogen-bond acceptors (Lipinski definition) is 5. The summed E-state index contributed by atoms with van der Waals surface area (Å²) in [5, 5.41) is 0. The normalized spacial score (nSPS) is 21.1. The van der Waals surface area contributed by atoms with Gasteiger partial charge in [-0.05, 0) is 52.6 Å². The van der Waals surface area contributed by atoms with E-state index in [4.69, 9.17) is 0 Å². The number of rotatable bonds is 3. The Morgan fingerprint density at radius 3 is 2.41 bits per heavy atom. The van der Waals surface area contributed by atoms with Crippen LogP contribution < -0.4 is 4.90 Å². The number of carbonyl (C=O) groups excluding carboxylic acids is 1. The Morgan fingerprint density at radius 2 is 1.82 bits per heavy atom. The van der Waals surface area contributed by atoms with Crippen LogP contribution in [0.3, 0.4) is 0 Å². The molecule has 0 N–H and O–H groups in total. The van der Waals surface area contributed by atoms with E-state index in [-0.39, 0.29) is 5.78 Å². The molecule has 3 heterocycles. The van der Waals surface area contributed by atoms with Gasteiger partial charge in [-0.2, -0.15) is 0 Å². The van der Waals surface area contributed by atoms with Crippen LogP contribution in [-0.2, 0) is 0 Å². The lowest BCUT2D eigenvalue weighted by molar-refractivity contribution is 0.101. The molecule has 2 saturated heterocycles. The van der Waals surface area contributed by atoms with Gasteiger partial charge in [0.05, 0.1) is 11.3 Å². The highest BCUT2D eigenvalue weighted by Gasteiger charge is 2.26. The second-order valence-electron chi connectivity index (χ2n) is 6.54. The molecule has 2 aliphatic heterocycles. The Bertz CT molecular complexity index is 531. The first kappa shape index (κ1) is 15.4. The van der Waals surface area contributed by atoms with Crippen molar-refractivity contribution < 1.29 is 4.79 Å². The highest BCUT2D eigenvalue weighted by molar-refractivity contribution is 5.94. The van der Waals surface area contributed by atoms with E-state index in [0.717, 1.165) is 30.8 Å². The van der Waals surface area contributed by atoms with Crippen molar-refractivity contribution in [3.05, 3.63) is 17.5 Å². The van der Waals surface area contributed by atoms with E-state index in [0.29, 0.717) is 5.56 Å². The van der Waals surface area contributed by atoms with Crippen molar-refractivity contribution in [2.24, 2.45) is 0 Å². The predicted molar refractivity (Wildman–Crippen MR) is 87.4 cm³/mol. The number of anilines is 1. The molecule has 2 fully saturated rings. The van der Waals surface area contributed by atoms with E-state index in [2.05, 4.69) is 19.8 Å². The first-order valence-corrected chi connectivity index (χ1v) is 8.49. The monoisotopic (exact) mass is 302 g/mol. The average Bonchev–Trinajstić information content (AvgIpc) is 2.55. The SMILES string of the molecule is CC(=O)c1cnc(N2CCC(N3CCCCC3)CC2)nc1C. The Morgan fingerprint density at radius 1 is 1.14 bits per heavy atom. The maximum atomic E-state index is 11.5. The summed E-state index contributed by atoms with van der Waals surface area (Å²) < 4.78 is 0. The zero-order valence-corrected chi connectivity index (χ0v) is 13.7. The van der Waals surface area contributed by atoms with Gasteiger partial charge < -0.3 is 9.80 Å². The van der Waals surface area contributed by atoms with Gasteiger partial charge in [-0.15, -0.1) is 0 Å². The molecule has 1 aromatic rings. The summed E-state index contributed by atoms with van der Waals surface area (Å²) in [5.74, 6) is 0.812. The largest absolute Gasteiger partial charge is 0.341 e. The lowest BCUT2D eigenvalue weighted by atomic mass is 10.00. The number of likely N-dealkylation sites (tertiary alicyclic amines) is 1. The van der Waals surface area contributed by atoms with Gasteiger partial charge in [0, 0.05) is 25.3 Å². The van der Waals surface area contributed by atoms with Gasteiger partial charge in [0.1, 0.15) is 0 Å². The van der Waals surface area contributed by atoms with Crippen molar-refractivity contribution in [3.63, 3.8) is 0 Å². The van der Waals surface area contributed by atoms with E-state index >= 15 is 0 Å². The summed E-state index contributed by atoms with van der Waals surface area (Å²) in [7, 11) is 0. The topological polar surface area (TPSA) is 49.3 Å². The van der Waals surface area contributed by atoms with E-state index in [1.807, 2.05) is 6.92 Å². The highest BCUT2D eigenvalue weighted by Crippen LogP contribution is 2.23.